The number of hydrogen-bond donors (Lipinski definition) is 2. The van der Waals surface area contributed by atoms with Crippen molar-refractivity contribution in [3.8, 4) is 11.5 Å². The highest BCUT2D eigenvalue weighted by Gasteiger charge is 2.28. The molecule has 1 aliphatic rings. The fourth-order valence-corrected chi connectivity index (χ4v) is 2.54. The number of quaternary nitrogens is 1. The first-order valence-corrected chi connectivity index (χ1v) is 8.60. The van der Waals surface area contributed by atoms with Crippen molar-refractivity contribution in [1.82, 2.24) is 5.32 Å². The molecule has 0 saturated heterocycles. The third-order valence-corrected chi connectivity index (χ3v) is 4.01. The summed E-state index contributed by atoms with van der Waals surface area (Å²) in [5.74, 6) is 1.65. The predicted octanol–water partition coefficient (Wildman–Crippen LogP) is 1.78. The topological polar surface area (TPSA) is 64.2 Å². The van der Waals surface area contributed by atoms with E-state index in [9.17, 15) is 4.79 Å². The quantitative estimate of drug-likeness (QED) is 0.729. The van der Waals surface area contributed by atoms with Gasteiger partial charge in [0.2, 0.25) is 0 Å². The molecule has 5 heteroatoms. The molecule has 2 atom stereocenters. The van der Waals surface area contributed by atoms with E-state index < -0.39 is 0 Å². The minimum absolute atomic E-state index is 0.104. The SMILES string of the molecule is CCOc1ccc([C@@H](C)[NH2+][C@H](C)C(=O)NC2CC2)cc1OCC. The Bertz CT molecular complexity index is 529. The van der Waals surface area contributed by atoms with E-state index >= 15 is 0 Å². The first-order chi connectivity index (χ1) is 11.0. The van der Waals surface area contributed by atoms with Gasteiger partial charge in [-0.05, 0) is 58.7 Å². The Morgan fingerprint density at radius 3 is 2.48 bits per heavy atom. The second-order valence-corrected chi connectivity index (χ2v) is 6.12. The van der Waals surface area contributed by atoms with Crippen LogP contribution in [0.4, 0.5) is 0 Å². The number of nitrogens with one attached hydrogen (secondary N) is 1. The molecule has 1 aromatic rings. The smallest absolute Gasteiger partial charge is 0.278 e. The molecule has 0 unspecified atom stereocenters. The molecule has 1 amide bonds. The van der Waals surface area contributed by atoms with E-state index in [1.807, 2.05) is 39.0 Å². The molecule has 0 heterocycles. The first-order valence-electron chi connectivity index (χ1n) is 8.60. The molecule has 1 aromatic carbocycles. The molecule has 5 nitrogen and oxygen atoms in total. The van der Waals surface area contributed by atoms with E-state index in [1.54, 1.807) is 0 Å². The van der Waals surface area contributed by atoms with Crippen LogP contribution in [0.5, 0.6) is 11.5 Å². The van der Waals surface area contributed by atoms with Gasteiger partial charge in [-0.25, -0.2) is 0 Å². The molecule has 1 saturated carbocycles. The Labute approximate surface area is 138 Å². The van der Waals surface area contributed by atoms with Crippen molar-refractivity contribution in [2.24, 2.45) is 0 Å². The van der Waals surface area contributed by atoms with Crippen LogP contribution in [0.15, 0.2) is 18.2 Å². The van der Waals surface area contributed by atoms with Crippen LogP contribution < -0.4 is 20.1 Å². The van der Waals surface area contributed by atoms with Crippen LogP contribution >= 0.6 is 0 Å². The Morgan fingerprint density at radius 2 is 1.87 bits per heavy atom. The summed E-state index contributed by atoms with van der Waals surface area (Å²) in [5.41, 5.74) is 1.13. The van der Waals surface area contributed by atoms with Crippen molar-refractivity contribution in [3.05, 3.63) is 23.8 Å². The largest absolute Gasteiger partial charge is 0.490 e. The van der Waals surface area contributed by atoms with E-state index in [1.165, 1.54) is 0 Å². The maximum atomic E-state index is 12.1. The molecule has 0 aliphatic heterocycles. The van der Waals surface area contributed by atoms with E-state index in [4.69, 9.17) is 9.47 Å². The van der Waals surface area contributed by atoms with Gasteiger partial charge in [-0.2, -0.15) is 0 Å². The second kappa shape index (κ2) is 8.20. The average Bonchev–Trinajstić information content (AvgIpc) is 3.33. The second-order valence-electron chi connectivity index (χ2n) is 6.12. The Hall–Kier alpha value is -1.75. The standard InChI is InChI=1S/C18H28N2O3/c1-5-22-16-10-7-14(11-17(16)23-6-2)12(3)19-13(4)18(21)20-15-8-9-15/h7,10-13,15,19H,5-6,8-9H2,1-4H3,(H,20,21)/p+1/t12-,13-/m1/s1. The van der Waals surface area contributed by atoms with Crippen molar-refractivity contribution in [2.45, 2.75) is 58.7 Å². The van der Waals surface area contributed by atoms with Gasteiger partial charge in [0, 0.05) is 11.6 Å². The van der Waals surface area contributed by atoms with Gasteiger partial charge in [0.05, 0.1) is 13.2 Å². The molecular weight excluding hydrogens is 292 g/mol. The van der Waals surface area contributed by atoms with Gasteiger partial charge in [-0.1, -0.05) is 0 Å². The van der Waals surface area contributed by atoms with Crippen LogP contribution in [0.2, 0.25) is 0 Å². The van der Waals surface area contributed by atoms with Crippen LogP contribution in [-0.2, 0) is 4.79 Å². The summed E-state index contributed by atoms with van der Waals surface area (Å²) in [7, 11) is 0. The minimum atomic E-state index is -0.104. The monoisotopic (exact) mass is 321 g/mol. The lowest BCUT2D eigenvalue weighted by atomic mass is 10.1. The molecule has 1 fully saturated rings. The van der Waals surface area contributed by atoms with Crippen molar-refractivity contribution < 1.29 is 19.6 Å². The van der Waals surface area contributed by atoms with Gasteiger partial charge in [0.25, 0.3) is 5.91 Å². The normalized spacial score (nSPS) is 16.5. The van der Waals surface area contributed by atoms with Crippen LogP contribution in [-0.4, -0.2) is 31.2 Å². The van der Waals surface area contributed by atoms with Crippen molar-refractivity contribution in [3.63, 3.8) is 0 Å². The number of nitrogens with two attached hydrogens (primary N) is 1. The van der Waals surface area contributed by atoms with Gasteiger partial charge in [0.1, 0.15) is 6.04 Å². The Morgan fingerprint density at radius 1 is 1.22 bits per heavy atom. The summed E-state index contributed by atoms with van der Waals surface area (Å²) >= 11 is 0. The van der Waals surface area contributed by atoms with Gasteiger partial charge < -0.3 is 20.1 Å². The third kappa shape index (κ3) is 5.13. The molecule has 3 N–H and O–H groups in total. The summed E-state index contributed by atoms with van der Waals surface area (Å²) in [6.45, 7) is 9.18. The van der Waals surface area contributed by atoms with Crippen molar-refractivity contribution in [2.75, 3.05) is 13.2 Å². The number of rotatable bonds is 9. The number of benzene rings is 1. The van der Waals surface area contributed by atoms with Crippen LogP contribution in [0, 0.1) is 0 Å². The number of carbonyl (C=O) groups excluding carboxylic acids is 1. The van der Waals surface area contributed by atoms with Gasteiger partial charge >= 0.3 is 0 Å². The van der Waals surface area contributed by atoms with Gasteiger partial charge in [0.15, 0.2) is 17.5 Å². The molecule has 23 heavy (non-hydrogen) atoms. The molecular formula is C18H29N2O3+. The maximum Gasteiger partial charge on any atom is 0.278 e. The fraction of sp³-hybridized carbons (Fsp3) is 0.611. The molecule has 2 rings (SSSR count). The van der Waals surface area contributed by atoms with Crippen LogP contribution in [0.1, 0.15) is 52.1 Å². The van der Waals surface area contributed by atoms with E-state index in [0.717, 1.165) is 29.9 Å². The fourth-order valence-electron chi connectivity index (χ4n) is 2.54. The van der Waals surface area contributed by atoms with E-state index in [-0.39, 0.29) is 18.0 Å². The molecule has 0 aromatic heterocycles. The number of amides is 1. The molecule has 0 bridgehead atoms. The molecule has 1 aliphatic carbocycles. The Kier molecular flexibility index (Phi) is 6.28. The van der Waals surface area contributed by atoms with E-state index in [0.29, 0.717) is 19.3 Å². The van der Waals surface area contributed by atoms with Crippen molar-refractivity contribution >= 4 is 5.91 Å². The Balaban J connectivity index is 2.00. The lowest BCUT2D eigenvalue weighted by Gasteiger charge is -2.18. The highest BCUT2D eigenvalue weighted by Crippen LogP contribution is 2.30. The summed E-state index contributed by atoms with van der Waals surface area (Å²) in [6, 6.07) is 6.48. The zero-order valence-electron chi connectivity index (χ0n) is 14.6. The van der Waals surface area contributed by atoms with E-state index in [2.05, 4.69) is 17.6 Å². The third-order valence-electron chi connectivity index (χ3n) is 4.01. The lowest BCUT2D eigenvalue weighted by molar-refractivity contribution is -0.710. The number of hydrogen-bond acceptors (Lipinski definition) is 3. The summed E-state index contributed by atoms with van der Waals surface area (Å²) in [4.78, 5) is 12.1. The zero-order valence-corrected chi connectivity index (χ0v) is 14.6. The first kappa shape index (κ1) is 17.6. The average molecular weight is 321 g/mol. The van der Waals surface area contributed by atoms with Crippen LogP contribution in [0.3, 0.4) is 0 Å². The summed E-state index contributed by atoms with van der Waals surface area (Å²) in [5, 5.41) is 5.14. The highest BCUT2D eigenvalue weighted by atomic mass is 16.5. The lowest BCUT2D eigenvalue weighted by Crippen LogP contribution is -2.92. The number of ether oxygens (including phenoxy) is 2. The minimum Gasteiger partial charge on any atom is -0.490 e. The maximum absolute atomic E-state index is 12.1. The highest BCUT2D eigenvalue weighted by molar-refractivity contribution is 5.80. The molecule has 0 radical (unpaired) electrons. The van der Waals surface area contributed by atoms with Gasteiger partial charge in [-0.3, -0.25) is 4.79 Å². The molecule has 0 spiro atoms. The van der Waals surface area contributed by atoms with Crippen LogP contribution in [0.25, 0.3) is 0 Å². The molecule has 128 valence electrons. The predicted molar refractivity (Wildman–Crippen MR) is 89.7 cm³/mol. The van der Waals surface area contributed by atoms with Crippen molar-refractivity contribution in [1.29, 1.82) is 0 Å². The summed E-state index contributed by atoms with van der Waals surface area (Å²) in [6.07, 6.45) is 2.23. The summed E-state index contributed by atoms with van der Waals surface area (Å²) < 4.78 is 11.3. The zero-order chi connectivity index (χ0) is 16.8. The van der Waals surface area contributed by atoms with Gasteiger partial charge in [-0.15, -0.1) is 0 Å². The number of carbonyl (C=O) groups is 1.